The van der Waals surface area contributed by atoms with Crippen LogP contribution in [0.5, 0.6) is 11.5 Å². The summed E-state index contributed by atoms with van der Waals surface area (Å²) >= 11 is 0. The maximum Gasteiger partial charge on any atom is 0.317 e. The molecule has 0 saturated heterocycles. The van der Waals surface area contributed by atoms with Crippen LogP contribution >= 0.6 is 0 Å². The summed E-state index contributed by atoms with van der Waals surface area (Å²) in [7, 11) is 1.67. The van der Waals surface area contributed by atoms with E-state index in [9.17, 15) is 14.4 Å². The van der Waals surface area contributed by atoms with Crippen molar-refractivity contribution >= 4 is 17.8 Å². The van der Waals surface area contributed by atoms with Crippen LogP contribution in [0.2, 0.25) is 0 Å². The van der Waals surface area contributed by atoms with Gasteiger partial charge in [0.1, 0.15) is 6.61 Å². The number of para-hydroxylation sites is 2. The number of hydrogen-bond donors (Lipinski definition) is 3. The molecular formula is C21H24N4O5. The fourth-order valence-electron chi connectivity index (χ4n) is 2.77. The number of nitrogens with zero attached hydrogens (tertiary/aromatic N) is 1. The number of carbonyl (C=O) groups is 3. The van der Waals surface area contributed by atoms with Crippen molar-refractivity contribution in [3.8, 4) is 11.5 Å². The van der Waals surface area contributed by atoms with E-state index in [0.29, 0.717) is 18.0 Å². The second kappa shape index (κ2) is 10.1. The highest BCUT2D eigenvalue weighted by Crippen LogP contribution is 2.30. The maximum absolute atomic E-state index is 12.2. The highest BCUT2D eigenvalue weighted by Gasteiger charge is 2.27. The molecule has 2 aromatic rings. The molecule has 1 atom stereocenters. The minimum absolute atomic E-state index is 0.00997. The average molecular weight is 412 g/mol. The molecule has 1 heterocycles. The van der Waals surface area contributed by atoms with Gasteiger partial charge in [0.15, 0.2) is 11.5 Å². The van der Waals surface area contributed by atoms with Gasteiger partial charge in [-0.05, 0) is 17.7 Å². The molecule has 1 unspecified atom stereocenters. The zero-order valence-corrected chi connectivity index (χ0v) is 16.6. The second-order valence-electron chi connectivity index (χ2n) is 6.73. The van der Waals surface area contributed by atoms with Gasteiger partial charge in [-0.2, -0.15) is 0 Å². The Kier molecular flexibility index (Phi) is 7.09. The van der Waals surface area contributed by atoms with Crippen LogP contribution in [0.15, 0.2) is 54.6 Å². The number of rotatable bonds is 6. The van der Waals surface area contributed by atoms with Gasteiger partial charge in [-0.15, -0.1) is 0 Å². The van der Waals surface area contributed by atoms with Crippen LogP contribution in [0.4, 0.5) is 4.79 Å². The minimum Gasteiger partial charge on any atom is -0.485 e. The van der Waals surface area contributed by atoms with E-state index >= 15 is 0 Å². The fourth-order valence-corrected chi connectivity index (χ4v) is 2.77. The number of ether oxygens (including phenoxy) is 2. The van der Waals surface area contributed by atoms with E-state index in [2.05, 4.69) is 16.2 Å². The molecule has 0 bridgehead atoms. The monoisotopic (exact) mass is 412 g/mol. The van der Waals surface area contributed by atoms with E-state index in [1.165, 1.54) is 4.90 Å². The molecular weight excluding hydrogens is 388 g/mol. The number of benzene rings is 2. The van der Waals surface area contributed by atoms with Crippen LogP contribution in [-0.2, 0) is 16.1 Å². The zero-order chi connectivity index (χ0) is 21.3. The van der Waals surface area contributed by atoms with Gasteiger partial charge >= 0.3 is 6.03 Å². The quantitative estimate of drug-likeness (QED) is 0.618. The van der Waals surface area contributed by atoms with Gasteiger partial charge in [0.2, 0.25) is 12.0 Å². The van der Waals surface area contributed by atoms with Gasteiger partial charge in [0, 0.05) is 26.6 Å². The zero-order valence-electron chi connectivity index (χ0n) is 16.6. The van der Waals surface area contributed by atoms with Crippen molar-refractivity contribution in [2.75, 3.05) is 20.2 Å². The summed E-state index contributed by atoms with van der Waals surface area (Å²) in [5, 5.41) is 2.66. The van der Waals surface area contributed by atoms with Crippen LogP contribution in [-0.4, -0.2) is 49.0 Å². The first-order valence-electron chi connectivity index (χ1n) is 9.53. The van der Waals surface area contributed by atoms with Gasteiger partial charge in [-0.3, -0.25) is 20.4 Å². The summed E-state index contributed by atoms with van der Waals surface area (Å²) in [6.07, 6.45) is -0.859. The normalized spacial score (nSPS) is 14.4. The number of nitrogens with one attached hydrogen (secondary N) is 3. The Labute approximate surface area is 174 Å². The van der Waals surface area contributed by atoms with Crippen molar-refractivity contribution in [2.45, 2.75) is 19.1 Å². The molecule has 3 rings (SSSR count). The predicted octanol–water partition coefficient (Wildman–Crippen LogP) is 1.21. The van der Waals surface area contributed by atoms with E-state index < -0.39 is 17.9 Å². The van der Waals surface area contributed by atoms with Crippen LogP contribution in [0, 0.1) is 0 Å². The second-order valence-corrected chi connectivity index (χ2v) is 6.73. The SMILES string of the molecule is CN(Cc1ccccc1)C(=O)NCCC(=O)NNC(=O)C1COc2ccccc2O1. The molecule has 1 aliphatic rings. The molecule has 0 fully saturated rings. The molecule has 2 aromatic carbocycles. The lowest BCUT2D eigenvalue weighted by molar-refractivity contribution is -0.135. The van der Waals surface area contributed by atoms with E-state index in [0.717, 1.165) is 5.56 Å². The Balaban J connectivity index is 1.33. The summed E-state index contributed by atoms with van der Waals surface area (Å²) < 4.78 is 11.0. The molecule has 9 nitrogen and oxygen atoms in total. The van der Waals surface area contributed by atoms with Crippen LogP contribution in [0.1, 0.15) is 12.0 Å². The van der Waals surface area contributed by atoms with Crippen LogP contribution in [0.25, 0.3) is 0 Å². The Hall–Kier alpha value is -3.75. The lowest BCUT2D eigenvalue weighted by atomic mass is 10.2. The Morgan fingerprint density at radius 2 is 1.70 bits per heavy atom. The lowest BCUT2D eigenvalue weighted by Gasteiger charge is -2.25. The van der Waals surface area contributed by atoms with Crippen molar-refractivity contribution in [3.63, 3.8) is 0 Å². The van der Waals surface area contributed by atoms with Gasteiger partial charge in [-0.25, -0.2) is 4.79 Å². The topological polar surface area (TPSA) is 109 Å². The van der Waals surface area contributed by atoms with Crippen LogP contribution in [0.3, 0.4) is 0 Å². The third-order valence-corrected chi connectivity index (χ3v) is 4.36. The lowest BCUT2D eigenvalue weighted by Crippen LogP contribution is -2.51. The number of hydrogen-bond acceptors (Lipinski definition) is 5. The molecule has 30 heavy (non-hydrogen) atoms. The standard InChI is InChI=1S/C21H24N4O5/c1-25(13-15-7-3-2-4-8-15)21(28)22-12-11-19(26)23-24-20(27)18-14-29-16-9-5-6-10-17(16)30-18/h2-10,18H,11-14H2,1H3,(H,22,28)(H,23,26)(H,24,27). The number of amides is 4. The van der Waals surface area contributed by atoms with E-state index in [4.69, 9.17) is 9.47 Å². The molecule has 0 spiro atoms. The maximum atomic E-state index is 12.2. The van der Waals surface area contributed by atoms with E-state index in [-0.39, 0.29) is 25.6 Å². The van der Waals surface area contributed by atoms with Crippen molar-refractivity contribution in [2.24, 2.45) is 0 Å². The van der Waals surface area contributed by atoms with E-state index in [1.807, 2.05) is 30.3 Å². The summed E-state index contributed by atoms with van der Waals surface area (Å²) in [6, 6.07) is 16.3. The molecule has 3 N–H and O–H groups in total. The third kappa shape index (κ3) is 5.87. The number of hydrazine groups is 1. The Bertz CT molecular complexity index is 890. The largest absolute Gasteiger partial charge is 0.485 e. The van der Waals surface area contributed by atoms with Gasteiger partial charge in [0.05, 0.1) is 0 Å². The van der Waals surface area contributed by atoms with E-state index in [1.54, 1.807) is 31.3 Å². The van der Waals surface area contributed by atoms with Crippen molar-refractivity contribution in [1.29, 1.82) is 0 Å². The Morgan fingerprint density at radius 3 is 2.47 bits per heavy atom. The smallest absolute Gasteiger partial charge is 0.317 e. The minimum atomic E-state index is -0.869. The average Bonchev–Trinajstić information content (AvgIpc) is 2.77. The molecule has 1 aliphatic heterocycles. The molecule has 0 saturated carbocycles. The fraction of sp³-hybridized carbons (Fsp3) is 0.286. The first-order chi connectivity index (χ1) is 14.5. The number of fused-ring (bicyclic) bond motifs is 1. The third-order valence-electron chi connectivity index (χ3n) is 4.36. The number of urea groups is 1. The first kappa shape index (κ1) is 21.0. The molecule has 0 radical (unpaired) electrons. The summed E-state index contributed by atoms with van der Waals surface area (Å²) in [5.74, 6) is 0.0760. The first-order valence-corrected chi connectivity index (χ1v) is 9.53. The van der Waals surface area contributed by atoms with Gasteiger partial charge in [-0.1, -0.05) is 42.5 Å². The predicted molar refractivity (Wildman–Crippen MR) is 109 cm³/mol. The van der Waals surface area contributed by atoms with Gasteiger partial charge in [0.25, 0.3) is 5.91 Å². The van der Waals surface area contributed by atoms with Gasteiger partial charge < -0.3 is 19.7 Å². The summed E-state index contributed by atoms with van der Waals surface area (Å²) in [4.78, 5) is 37.7. The molecule has 158 valence electrons. The highest BCUT2D eigenvalue weighted by atomic mass is 16.6. The Morgan fingerprint density at radius 1 is 1.00 bits per heavy atom. The molecule has 9 heteroatoms. The summed E-state index contributed by atoms with van der Waals surface area (Å²) in [6.45, 7) is 0.639. The molecule has 0 aromatic heterocycles. The van der Waals surface area contributed by atoms with Crippen molar-refractivity contribution in [3.05, 3.63) is 60.2 Å². The number of carbonyl (C=O) groups excluding carboxylic acids is 3. The van der Waals surface area contributed by atoms with Crippen molar-refractivity contribution in [1.82, 2.24) is 21.1 Å². The highest BCUT2D eigenvalue weighted by molar-refractivity contribution is 5.85. The molecule has 4 amide bonds. The molecule has 0 aliphatic carbocycles. The summed E-state index contributed by atoms with van der Waals surface area (Å²) in [5.41, 5.74) is 5.62. The van der Waals surface area contributed by atoms with Crippen molar-refractivity contribution < 1.29 is 23.9 Å². The van der Waals surface area contributed by atoms with Crippen LogP contribution < -0.4 is 25.6 Å².